The lowest BCUT2D eigenvalue weighted by molar-refractivity contribution is 0.162. The lowest BCUT2D eigenvalue weighted by atomic mass is 10.7. The van der Waals surface area contributed by atoms with E-state index in [-0.39, 0.29) is 12.4 Å². The third-order valence-corrected chi connectivity index (χ3v) is 4.03. The molecule has 0 saturated heterocycles. The van der Waals surface area contributed by atoms with Gasteiger partial charge in [-0.2, -0.15) is 0 Å². The molecule has 0 aromatic carbocycles. The van der Waals surface area contributed by atoms with Crippen molar-refractivity contribution in [1.29, 1.82) is 0 Å². The minimum absolute atomic E-state index is 0.0711. The standard InChI is InChI=1S/C8H18BrNO3S/c1-3-10(6-5-9)14(11,12)8-7-13-4-2/h3-8H2,1-2H3. The summed E-state index contributed by atoms with van der Waals surface area (Å²) in [5, 5.41) is 0.661. The van der Waals surface area contributed by atoms with Crippen molar-refractivity contribution in [2.75, 3.05) is 37.4 Å². The average Bonchev–Trinajstić information content (AvgIpc) is 2.14. The Balaban J connectivity index is 4.12. The fourth-order valence-electron chi connectivity index (χ4n) is 1.03. The maximum Gasteiger partial charge on any atom is 0.216 e. The number of hydrogen-bond donors (Lipinski definition) is 0. The van der Waals surface area contributed by atoms with Crippen molar-refractivity contribution in [3.05, 3.63) is 0 Å². The van der Waals surface area contributed by atoms with Crippen molar-refractivity contribution < 1.29 is 13.2 Å². The van der Waals surface area contributed by atoms with E-state index in [0.717, 1.165) is 0 Å². The van der Waals surface area contributed by atoms with E-state index in [2.05, 4.69) is 15.9 Å². The summed E-state index contributed by atoms with van der Waals surface area (Å²) in [6.07, 6.45) is 0. The summed E-state index contributed by atoms with van der Waals surface area (Å²) < 4.78 is 29.8. The fourth-order valence-corrected chi connectivity index (χ4v) is 3.04. The lowest BCUT2D eigenvalue weighted by Gasteiger charge is -2.18. The van der Waals surface area contributed by atoms with Gasteiger partial charge in [0.15, 0.2) is 0 Å². The molecular formula is C8H18BrNO3S. The van der Waals surface area contributed by atoms with Crippen LogP contribution >= 0.6 is 15.9 Å². The molecule has 0 amide bonds. The summed E-state index contributed by atoms with van der Waals surface area (Å²) >= 11 is 3.23. The van der Waals surface area contributed by atoms with Crippen LogP contribution in [0.3, 0.4) is 0 Å². The van der Waals surface area contributed by atoms with Gasteiger partial charge in [-0.25, -0.2) is 12.7 Å². The van der Waals surface area contributed by atoms with Crippen molar-refractivity contribution in [1.82, 2.24) is 4.31 Å². The largest absolute Gasteiger partial charge is 0.381 e. The highest BCUT2D eigenvalue weighted by atomic mass is 79.9. The summed E-state index contributed by atoms with van der Waals surface area (Å²) in [4.78, 5) is 0. The Morgan fingerprint density at radius 3 is 2.43 bits per heavy atom. The van der Waals surface area contributed by atoms with Gasteiger partial charge >= 0.3 is 0 Å². The highest BCUT2D eigenvalue weighted by Crippen LogP contribution is 2.02. The van der Waals surface area contributed by atoms with Crippen LogP contribution in [-0.2, 0) is 14.8 Å². The van der Waals surface area contributed by atoms with Gasteiger partial charge in [-0.05, 0) is 6.92 Å². The van der Waals surface area contributed by atoms with Crippen molar-refractivity contribution in [3.63, 3.8) is 0 Å². The van der Waals surface area contributed by atoms with Crippen molar-refractivity contribution in [3.8, 4) is 0 Å². The van der Waals surface area contributed by atoms with E-state index in [9.17, 15) is 8.42 Å². The Bertz CT molecular complexity index is 231. The molecule has 4 nitrogen and oxygen atoms in total. The molecule has 6 heteroatoms. The first-order chi connectivity index (χ1) is 6.58. The molecule has 0 saturated carbocycles. The van der Waals surface area contributed by atoms with Crippen LogP contribution in [0, 0.1) is 0 Å². The normalized spacial score (nSPS) is 12.3. The lowest BCUT2D eigenvalue weighted by Crippen LogP contribution is -2.35. The number of rotatable bonds is 8. The molecule has 0 spiro atoms. The summed E-state index contributed by atoms with van der Waals surface area (Å²) in [6, 6.07) is 0. The minimum atomic E-state index is -3.13. The molecule has 14 heavy (non-hydrogen) atoms. The maximum absolute atomic E-state index is 11.7. The van der Waals surface area contributed by atoms with Gasteiger partial charge in [0.1, 0.15) is 0 Å². The third kappa shape index (κ3) is 5.29. The Labute approximate surface area is 94.8 Å². The van der Waals surface area contributed by atoms with Crippen molar-refractivity contribution in [2.45, 2.75) is 13.8 Å². The van der Waals surface area contributed by atoms with Crippen LogP contribution in [0.2, 0.25) is 0 Å². The Morgan fingerprint density at radius 1 is 1.36 bits per heavy atom. The molecule has 0 aromatic heterocycles. The van der Waals surface area contributed by atoms with Crippen LogP contribution in [0.1, 0.15) is 13.8 Å². The number of alkyl halides is 1. The zero-order valence-corrected chi connectivity index (χ0v) is 11.1. The van der Waals surface area contributed by atoms with Gasteiger partial charge in [0.05, 0.1) is 12.4 Å². The SMILES string of the molecule is CCOCCS(=O)(=O)N(CC)CCBr. The van der Waals surface area contributed by atoms with E-state index in [1.807, 2.05) is 13.8 Å². The van der Waals surface area contributed by atoms with Gasteiger partial charge in [0.2, 0.25) is 10.0 Å². The van der Waals surface area contributed by atoms with Gasteiger partial charge in [-0.1, -0.05) is 22.9 Å². The number of halogens is 1. The Kier molecular flexibility index (Phi) is 7.81. The van der Waals surface area contributed by atoms with E-state index in [1.54, 1.807) is 0 Å². The predicted molar refractivity (Wildman–Crippen MR) is 61.3 cm³/mol. The second-order valence-corrected chi connectivity index (χ2v) is 5.58. The molecule has 0 unspecified atom stereocenters. The van der Waals surface area contributed by atoms with E-state index >= 15 is 0 Å². The average molecular weight is 288 g/mol. The molecule has 0 radical (unpaired) electrons. The molecule has 0 aliphatic heterocycles. The van der Waals surface area contributed by atoms with E-state index in [1.165, 1.54) is 4.31 Å². The number of nitrogens with zero attached hydrogens (tertiary/aromatic N) is 1. The third-order valence-electron chi connectivity index (χ3n) is 1.77. The van der Waals surface area contributed by atoms with Crippen LogP contribution in [0.5, 0.6) is 0 Å². The molecule has 0 aromatic rings. The topological polar surface area (TPSA) is 46.6 Å². The quantitative estimate of drug-likeness (QED) is 0.496. The van der Waals surface area contributed by atoms with Crippen molar-refractivity contribution in [2.24, 2.45) is 0 Å². The number of ether oxygens (including phenoxy) is 1. The Morgan fingerprint density at radius 2 is 2.00 bits per heavy atom. The van der Waals surface area contributed by atoms with Crippen LogP contribution in [0.4, 0.5) is 0 Å². The summed E-state index contributed by atoms with van der Waals surface area (Å²) in [7, 11) is -3.13. The molecule has 0 bridgehead atoms. The van der Waals surface area contributed by atoms with Crippen LogP contribution in [0.15, 0.2) is 0 Å². The minimum Gasteiger partial charge on any atom is -0.381 e. The highest BCUT2D eigenvalue weighted by Gasteiger charge is 2.18. The second-order valence-electron chi connectivity index (χ2n) is 2.69. The van der Waals surface area contributed by atoms with Crippen LogP contribution in [0.25, 0.3) is 0 Å². The monoisotopic (exact) mass is 287 g/mol. The smallest absolute Gasteiger partial charge is 0.216 e. The first kappa shape index (κ1) is 14.3. The molecule has 0 fully saturated rings. The summed E-state index contributed by atoms with van der Waals surface area (Å²) in [5.41, 5.74) is 0. The number of sulfonamides is 1. The first-order valence-electron chi connectivity index (χ1n) is 4.70. The molecule has 0 atom stereocenters. The zero-order chi connectivity index (χ0) is 11.0. The molecule has 86 valence electrons. The summed E-state index contributed by atoms with van der Waals surface area (Å²) in [6.45, 7) is 5.55. The molecular weight excluding hydrogens is 270 g/mol. The molecule has 0 N–H and O–H groups in total. The van der Waals surface area contributed by atoms with Gasteiger partial charge in [0, 0.05) is 25.0 Å². The molecule has 0 aliphatic rings. The van der Waals surface area contributed by atoms with Crippen LogP contribution in [-0.4, -0.2) is 50.1 Å². The van der Waals surface area contributed by atoms with Gasteiger partial charge in [-0.3, -0.25) is 0 Å². The van der Waals surface area contributed by atoms with Gasteiger partial charge < -0.3 is 4.74 Å². The van der Waals surface area contributed by atoms with Crippen molar-refractivity contribution >= 4 is 26.0 Å². The summed E-state index contributed by atoms with van der Waals surface area (Å²) in [5.74, 6) is 0.0711. The second kappa shape index (κ2) is 7.62. The molecule has 0 aliphatic carbocycles. The molecule has 0 rings (SSSR count). The maximum atomic E-state index is 11.7. The predicted octanol–water partition coefficient (Wildman–Crippen LogP) is 1.07. The number of hydrogen-bond acceptors (Lipinski definition) is 3. The molecule has 0 heterocycles. The van der Waals surface area contributed by atoms with E-state index in [0.29, 0.717) is 25.0 Å². The zero-order valence-electron chi connectivity index (χ0n) is 8.70. The Hall–Kier alpha value is 0.350. The highest BCUT2D eigenvalue weighted by molar-refractivity contribution is 9.09. The fraction of sp³-hybridized carbons (Fsp3) is 1.00. The van der Waals surface area contributed by atoms with Gasteiger partial charge in [-0.15, -0.1) is 0 Å². The first-order valence-corrected chi connectivity index (χ1v) is 7.43. The van der Waals surface area contributed by atoms with E-state index in [4.69, 9.17) is 4.74 Å². The van der Waals surface area contributed by atoms with Crippen LogP contribution < -0.4 is 0 Å². The van der Waals surface area contributed by atoms with Gasteiger partial charge in [0.25, 0.3) is 0 Å². The van der Waals surface area contributed by atoms with E-state index < -0.39 is 10.0 Å².